The maximum absolute atomic E-state index is 5.58. The first-order valence-electron chi connectivity index (χ1n) is 9.10. The van der Waals surface area contributed by atoms with Crippen molar-refractivity contribution in [1.82, 2.24) is 15.6 Å². The number of nitrogens with zero attached hydrogens (tertiary/aromatic N) is 3. The van der Waals surface area contributed by atoms with Crippen LogP contribution in [-0.2, 0) is 11.2 Å². The number of aromatic nitrogens is 1. The normalized spacial score (nSPS) is 16.3. The highest BCUT2D eigenvalue weighted by molar-refractivity contribution is 14.0. The molecule has 150 valence electrons. The first-order chi connectivity index (χ1) is 11.9. The summed E-state index contributed by atoms with van der Waals surface area (Å²) in [5.74, 6) is 0.807. The van der Waals surface area contributed by atoms with Crippen LogP contribution in [-0.4, -0.2) is 57.4 Å². The van der Waals surface area contributed by atoms with Gasteiger partial charge >= 0.3 is 0 Å². The van der Waals surface area contributed by atoms with Crippen molar-refractivity contribution in [3.8, 4) is 0 Å². The molecule has 0 aliphatic carbocycles. The highest BCUT2D eigenvalue weighted by Gasteiger charge is 2.24. The number of rotatable bonds is 7. The first kappa shape index (κ1) is 23.4. The summed E-state index contributed by atoms with van der Waals surface area (Å²) in [5.41, 5.74) is 1.24. The van der Waals surface area contributed by atoms with E-state index in [0.29, 0.717) is 0 Å². The van der Waals surface area contributed by atoms with Crippen molar-refractivity contribution in [3.63, 3.8) is 0 Å². The quantitative estimate of drug-likeness (QED) is 0.346. The molecule has 0 amide bonds. The second-order valence-electron chi connectivity index (χ2n) is 7.54. The molecule has 26 heavy (non-hydrogen) atoms. The SMILES string of the molecule is CN=C(NCCc1csc(N2CCCC2)n1)NCC(OC)C(C)(C)C.I. The number of hydrogen-bond donors (Lipinski definition) is 2. The van der Waals surface area contributed by atoms with Gasteiger partial charge in [0.25, 0.3) is 0 Å². The van der Waals surface area contributed by atoms with Crippen LogP contribution in [0.2, 0.25) is 0 Å². The van der Waals surface area contributed by atoms with Gasteiger partial charge in [-0.1, -0.05) is 20.8 Å². The van der Waals surface area contributed by atoms with Gasteiger partial charge in [-0.25, -0.2) is 4.98 Å². The van der Waals surface area contributed by atoms with Gasteiger partial charge in [-0.05, 0) is 18.3 Å². The van der Waals surface area contributed by atoms with E-state index < -0.39 is 0 Å². The van der Waals surface area contributed by atoms with E-state index in [0.717, 1.165) is 44.3 Å². The van der Waals surface area contributed by atoms with Crippen molar-refractivity contribution in [3.05, 3.63) is 11.1 Å². The molecule has 1 unspecified atom stereocenters. The van der Waals surface area contributed by atoms with Gasteiger partial charge in [-0.3, -0.25) is 4.99 Å². The summed E-state index contributed by atoms with van der Waals surface area (Å²) in [6.45, 7) is 10.4. The van der Waals surface area contributed by atoms with Crippen LogP contribution in [0, 0.1) is 5.41 Å². The van der Waals surface area contributed by atoms with Gasteiger partial charge in [-0.15, -0.1) is 35.3 Å². The molecule has 8 heteroatoms. The van der Waals surface area contributed by atoms with Crippen LogP contribution in [0.25, 0.3) is 0 Å². The van der Waals surface area contributed by atoms with E-state index >= 15 is 0 Å². The fourth-order valence-electron chi connectivity index (χ4n) is 2.93. The number of nitrogens with one attached hydrogen (secondary N) is 2. The number of guanidine groups is 1. The lowest BCUT2D eigenvalue weighted by Gasteiger charge is -2.30. The van der Waals surface area contributed by atoms with Crippen molar-refractivity contribution >= 4 is 46.4 Å². The summed E-state index contributed by atoms with van der Waals surface area (Å²) in [7, 11) is 3.55. The Morgan fingerprint density at radius 3 is 2.62 bits per heavy atom. The van der Waals surface area contributed by atoms with E-state index in [1.165, 1.54) is 18.0 Å². The van der Waals surface area contributed by atoms with Crippen molar-refractivity contribution in [2.24, 2.45) is 10.4 Å². The Morgan fingerprint density at radius 1 is 1.35 bits per heavy atom. The maximum Gasteiger partial charge on any atom is 0.191 e. The first-order valence-corrected chi connectivity index (χ1v) is 9.98. The molecule has 2 heterocycles. The lowest BCUT2D eigenvalue weighted by atomic mass is 9.89. The Morgan fingerprint density at radius 2 is 2.04 bits per heavy atom. The highest BCUT2D eigenvalue weighted by Crippen LogP contribution is 2.24. The minimum atomic E-state index is 0. The van der Waals surface area contributed by atoms with E-state index in [-0.39, 0.29) is 35.5 Å². The van der Waals surface area contributed by atoms with Gasteiger partial charge < -0.3 is 20.3 Å². The Kier molecular flexibility index (Phi) is 10.2. The minimum absolute atomic E-state index is 0. The smallest absolute Gasteiger partial charge is 0.191 e. The van der Waals surface area contributed by atoms with Crippen LogP contribution >= 0.6 is 35.3 Å². The topological polar surface area (TPSA) is 61.8 Å². The lowest BCUT2D eigenvalue weighted by molar-refractivity contribution is 0.0205. The van der Waals surface area contributed by atoms with Gasteiger partial charge in [0.05, 0.1) is 11.8 Å². The largest absolute Gasteiger partial charge is 0.379 e. The van der Waals surface area contributed by atoms with E-state index in [1.54, 1.807) is 25.5 Å². The van der Waals surface area contributed by atoms with Crippen molar-refractivity contribution in [2.45, 2.75) is 46.1 Å². The van der Waals surface area contributed by atoms with Crippen LogP contribution in [0.1, 0.15) is 39.3 Å². The van der Waals surface area contributed by atoms with Gasteiger partial charge in [0.1, 0.15) is 0 Å². The third-order valence-electron chi connectivity index (χ3n) is 4.52. The van der Waals surface area contributed by atoms with E-state index in [9.17, 15) is 0 Å². The highest BCUT2D eigenvalue weighted by atomic mass is 127. The maximum atomic E-state index is 5.58. The summed E-state index contributed by atoms with van der Waals surface area (Å²) >= 11 is 1.76. The molecule has 1 atom stereocenters. The molecule has 1 aromatic heterocycles. The van der Waals surface area contributed by atoms with Crippen LogP contribution < -0.4 is 15.5 Å². The molecule has 1 aliphatic heterocycles. The Labute approximate surface area is 179 Å². The Balaban J connectivity index is 0.00000338. The van der Waals surface area contributed by atoms with Crippen LogP contribution in [0.4, 0.5) is 5.13 Å². The van der Waals surface area contributed by atoms with Crippen LogP contribution in [0.15, 0.2) is 10.4 Å². The molecule has 2 N–H and O–H groups in total. The van der Waals surface area contributed by atoms with Crippen molar-refractivity contribution in [2.75, 3.05) is 45.2 Å². The predicted molar refractivity (Wildman–Crippen MR) is 122 cm³/mol. The summed E-state index contributed by atoms with van der Waals surface area (Å²) in [6, 6.07) is 0. The van der Waals surface area contributed by atoms with E-state index in [2.05, 4.69) is 46.7 Å². The van der Waals surface area contributed by atoms with E-state index in [4.69, 9.17) is 9.72 Å². The summed E-state index contributed by atoms with van der Waals surface area (Å²) in [4.78, 5) is 11.4. The standard InChI is InChI=1S/C18H33N5OS.HI/c1-18(2,3)15(24-5)12-21-16(19-4)20-9-8-14-13-25-17(22-14)23-10-6-7-11-23;/h13,15H,6-12H2,1-5H3,(H2,19,20,21);1H. The zero-order valence-corrected chi connectivity index (χ0v) is 19.8. The summed E-state index contributed by atoms with van der Waals surface area (Å²) < 4.78 is 5.58. The summed E-state index contributed by atoms with van der Waals surface area (Å²) in [5, 5.41) is 10.1. The average molecular weight is 495 g/mol. The van der Waals surface area contributed by atoms with Gasteiger partial charge in [0.2, 0.25) is 0 Å². The third kappa shape index (κ3) is 7.19. The third-order valence-corrected chi connectivity index (χ3v) is 5.47. The lowest BCUT2D eigenvalue weighted by Crippen LogP contribution is -2.45. The molecule has 6 nitrogen and oxygen atoms in total. The number of thiazole rings is 1. The monoisotopic (exact) mass is 495 g/mol. The fraction of sp³-hybridized carbons (Fsp3) is 0.778. The molecule has 0 aromatic carbocycles. The number of aliphatic imine (C=N–C) groups is 1. The van der Waals surface area contributed by atoms with Gasteiger partial charge in [-0.2, -0.15) is 0 Å². The second kappa shape index (κ2) is 11.3. The van der Waals surface area contributed by atoms with Crippen molar-refractivity contribution in [1.29, 1.82) is 0 Å². The zero-order valence-electron chi connectivity index (χ0n) is 16.7. The molecule has 2 rings (SSSR count). The number of halogens is 1. The predicted octanol–water partition coefficient (Wildman–Crippen LogP) is 3.13. The molecule has 0 radical (unpaired) electrons. The molecule has 1 fully saturated rings. The van der Waals surface area contributed by atoms with Crippen LogP contribution in [0.3, 0.4) is 0 Å². The Hall–Kier alpha value is -0.610. The molecular formula is C18H34IN5OS. The van der Waals surface area contributed by atoms with Gasteiger partial charge in [0, 0.05) is 52.1 Å². The van der Waals surface area contributed by atoms with E-state index in [1.807, 2.05) is 0 Å². The number of anilines is 1. The van der Waals surface area contributed by atoms with Gasteiger partial charge in [0.15, 0.2) is 11.1 Å². The molecule has 1 aliphatic rings. The zero-order chi connectivity index (χ0) is 18.3. The summed E-state index contributed by atoms with van der Waals surface area (Å²) in [6.07, 6.45) is 3.61. The molecule has 1 saturated heterocycles. The van der Waals surface area contributed by atoms with Crippen LogP contribution in [0.5, 0.6) is 0 Å². The number of ether oxygens (including phenoxy) is 1. The second-order valence-corrected chi connectivity index (χ2v) is 8.37. The van der Waals surface area contributed by atoms with Crippen molar-refractivity contribution < 1.29 is 4.74 Å². The Bertz CT molecular complexity index is 552. The molecule has 1 aromatic rings. The molecular weight excluding hydrogens is 461 g/mol. The molecule has 0 saturated carbocycles. The number of methoxy groups -OCH3 is 1. The minimum Gasteiger partial charge on any atom is -0.379 e. The average Bonchev–Trinajstić information content (AvgIpc) is 3.23. The molecule has 0 bridgehead atoms. The fourth-order valence-corrected chi connectivity index (χ4v) is 3.84. The number of hydrogen-bond acceptors (Lipinski definition) is 5. The molecule has 0 spiro atoms.